The molecule has 18 heavy (non-hydrogen) atoms. The Kier molecular flexibility index (Phi) is 12.9. The minimum absolute atomic E-state index is 0.136. The van der Waals surface area contributed by atoms with E-state index in [0.717, 1.165) is 17.7 Å². The number of nitrogens with one attached hydrogen (secondary N) is 1. The quantitative estimate of drug-likeness (QED) is 0.694. The van der Waals surface area contributed by atoms with Crippen LogP contribution >= 0.6 is 0 Å². The van der Waals surface area contributed by atoms with Crippen LogP contribution in [0.1, 0.15) is 59.1 Å². The van der Waals surface area contributed by atoms with Crippen molar-refractivity contribution in [2.45, 2.75) is 61.3 Å². The molecule has 0 atom stereocenters. The van der Waals surface area contributed by atoms with Gasteiger partial charge < -0.3 is 5.32 Å². The lowest BCUT2D eigenvalue weighted by Gasteiger charge is -2.18. The second kappa shape index (κ2) is 12.2. The summed E-state index contributed by atoms with van der Waals surface area (Å²) in [4.78, 5) is 11.1. The van der Waals surface area contributed by atoms with Gasteiger partial charge in [0.2, 0.25) is 5.91 Å². The van der Waals surface area contributed by atoms with E-state index < -0.39 is 0 Å². The maximum Gasteiger partial charge on any atom is 0.224 e. The Balaban J connectivity index is 0. The predicted octanol–water partition coefficient (Wildman–Crippen LogP) is 4.96. The Morgan fingerprint density at radius 1 is 0.944 bits per heavy atom. The summed E-state index contributed by atoms with van der Waals surface area (Å²) in [6.45, 7) is 14.0. The highest BCUT2D eigenvalue weighted by atomic mass is 16.1. The molecule has 2 heteroatoms. The van der Waals surface area contributed by atoms with E-state index in [2.05, 4.69) is 11.4 Å². The molecule has 0 radical (unpaired) electrons. The summed E-state index contributed by atoms with van der Waals surface area (Å²) in [6.07, 6.45) is 1.50. The Hall–Kier alpha value is -1.31. The Labute approximate surface area is 113 Å². The van der Waals surface area contributed by atoms with Gasteiger partial charge in [-0.15, -0.1) is 0 Å². The molecular weight excluding hydrogens is 222 g/mol. The second-order valence-corrected chi connectivity index (χ2v) is 3.16. The van der Waals surface area contributed by atoms with Gasteiger partial charge >= 0.3 is 0 Å². The second-order valence-electron chi connectivity index (χ2n) is 3.16. The molecule has 104 valence electrons. The first kappa shape index (κ1) is 19.0. The molecule has 0 bridgehead atoms. The van der Waals surface area contributed by atoms with Gasteiger partial charge in [0.15, 0.2) is 0 Å². The molecule has 1 aliphatic rings. The standard InChI is InChI=1S/C10H11NO.3C2H6/c1-7-3-2-4-8-5-6-9(12)11-10(7)8;3*1-2/h2-4H,5-6H2,1H3,(H,11,12);3*1-2H3. The molecular formula is C16H29NO. The van der Waals surface area contributed by atoms with Gasteiger partial charge in [-0.1, -0.05) is 59.7 Å². The number of carbonyl (C=O) groups excluding carboxylic acids is 1. The first-order chi connectivity index (χ1) is 8.77. The summed E-state index contributed by atoms with van der Waals surface area (Å²) < 4.78 is 0. The van der Waals surface area contributed by atoms with Gasteiger partial charge in [0.05, 0.1) is 0 Å². The van der Waals surface area contributed by atoms with E-state index in [1.807, 2.05) is 60.6 Å². The average molecular weight is 251 g/mol. The molecule has 0 saturated carbocycles. The largest absolute Gasteiger partial charge is 0.326 e. The van der Waals surface area contributed by atoms with Gasteiger partial charge in [-0.2, -0.15) is 0 Å². The molecule has 0 spiro atoms. The van der Waals surface area contributed by atoms with Crippen LogP contribution in [0.5, 0.6) is 0 Å². The van der Waals surface area contributed by atoms with Crippen molar-refractivity contribution in [2.24, 2.45) is 0 Å². The number of amides is 1. The molecule has 1 amide bonds. The smallest absolute Gasteiger partial charge is 0.224 e. The fraction of sp³-hybridized carbons (Fsp3) is 0.562. The molecule has 1 aliphatic heterocycles. The number of anilines is 1. The monoisotopic (exact) mass is 251 g/mol. The van der Waals surface area contributed by atoms with Crippen molar-refractivity contribution in [3.8, 4) is 0 Å². The summed E-state index contributed by atoms with van der Waals surface area (Å²) in [7, 11) is 0. The number of benzene rings is 1. The Morgan fingerprint density at radius 2 is 1.50 bits per heavy atom. The zero-order valence-corrected chi connectivity index (χ0v) is 13.1. The maximum absolute atomic E-state index is 11.1. The Bertz CT molecular complexity index is 332. The van der Waals surface area contributed by atoms with E-state index in [-0.39, 0.29) is 5.91 Å². The minimum Gasteiger partial charge on any atom is -0.326 e. The molecule has 0 fully saturated rings. The van der Waals surface area contributed by atoms with Crippen molar-refractivity contribution < 1.29 is 4.79 Å². The lowest BCUT2D eigenvalue weighted by atomic mass is 10.00. The third-order valence-electron chi connectivity index (χ3n) is 2.24. The molecule has 2 nitrogen and oxygen atoms in total. The molecule has 0 aromatic heterocycles. The van der Waals surface area contributed by atoms with E-state index in [1.165, 1.54) is 5.56 Å². The maximum atomic E-state index is 11.1. The molecule has 1 aromatic carbocycles. The number of para-hydroxylation sites is 1. The van der Waals surface area contributed by atoms with E-state index in [1.54, 1.807) is 0 Å². The van der Waals surface area contributed by atoms with Crippen LogP contribution in [-0.4, -0.2) is 5.91 Å². The summed E-state index contributed by atoms with van der Waals surface area (Å²) in [5.74, 6) is 0.136. The van der Waals surface area contributed by atoms with Crippen LogP contribution in [0.15, 0.2) is 18.2 Å². The fourth-order valence-electron chi connectivity index (χ4n) is 1.57. The van der Waals surface area contributed by atoms with Gasteiger partial charge in [0.1, 0.15) is 0 Å². The van der Waals surface area contributed by atoms with Crippen molar-refractivity contribution in [3.05, 3.63) is 29.3 Å². The van der Waals surface area contributed by atoms with Gasteiger partial charge in [0.25, 0.3) is 0 Å². The molecule has 1 N–H and O–H groups in total. The van der Waals surface area contributed by atoms with Crippen LogP contribution < -0.4 is 5.32 Å². The van der Waals surface area contributed by atoms with Crippen LogP contribution in [-0.2, 0) is 11.2 Å². The van der Waals surface area contributed by atoms with Crippen LogP contribution in [0.25, 0.3) is 0 Å². The summed E-state index contributed by atoms with van der Waals surface area (Å²) in [5.41, 5.74) is 3.43. The molecule has 0 unspecified atom stereocenters. The van der Waals surface area contributed by atoms with Crippen LogP contribution in [0, 0.1) is 6.92 Å². The van der Waals surface area contributed by atoms with Crippen LogP contribution in [0.3, 0.4) is 0 Å². The van der Waals surface area contributed by atoms with Gasteiger partial charge in [-0.3, -0.25) is 4.79 Å². The number of fused-ring (bicyclic) bond motifs is 1. The van der Waals surface area contributed by atoms with E-state index >= 15 is 0 Å². The SMILES string of the molecule is CC.CC.CC.Cc1cccc2c1NC(=O)CC2. The first-order valence-corrected chi connectivity index (χ1v) is 7.16. The van der Waals surface area contributed by atoms with Gasteiger partial charge in [0, 0.05) is 12.1 Å². The lowest BCUT2D eigenvalue weighted by Crippen LogP contribution is -2.19. The highest BCUT2D eigenvalue weighted by Crippen LogP contribution is 2.25. The zero-order valence-electron chi connectivity index (χ0n) is 13.1. The van der Waals surface area contributed by atoms with Crippen molar-refractivity contribution in [3.63, 3.8) is 0 Å². The predicted molar refractivity (Wildman–Crippen MR) is 82.2 cm³/mol. The summed E-state index contributed by atoms with van der Waals surface area (Å²) >= 11 is 0. The highest BCUT2D eigenvalue weighted by Gasteiger charge is 2.15. The van der Waals surface area contributed by atoms with Crippen molar-refractivity contribution in [1.82, 2.24) is 0 Å². The van der Waals surface area contributed by atoms with Crippen molar-refractivity contribution >= 4 is 11.6 Å². The lowest BCUT2D eigenvalue weighted by molar-refractivity contribution is -0.116. The highest BCUT2D eigenvalue weighted by molar-refractivity contribution is 5.94. The number of hydrogen-bond donors (Lipinski definition) is 1. The third kappa shape index (κ3) is 5.85. The van der Waals surface area contributed by atoms with Gasteiger partial charge in [-0.05, 0) is 24.5 Å². The topological polar surface area (TPSA) is 29.1 Å². The molecule has 0 saturated heterocycles. The summed E-state index contributed by atoms with van der Waals surface area (Å²) in [6, 6.07) is 6.12. The van der Waals surface area contributed by atoms with Crippen molar-refractivity contribution in [1.29, 1.82) is 0 Å². The molecule has 0 aliphatic carbocycles. The first-order valence-electron chi connectivity index (χ1n) is 7.16. The van der Waals surface area contributed by atoms with E-state index in [0.29, 0.717) is 6.42 Å². The molecule has 1 heterocycles. The number of hydrogen-bond acceptors (Lipinski definition) is 1. The van der Waals surface area contributed by atoms with E-state index in [9.17, 15) is 4.79 Å². The van der Waals surface area contributed by atoms with E-state index in [4.69, 9.17) is 0 Å². The number of aryl methyl sites for hydroxylation is 2. The number of rotatable bonds is 0. The summed E-state index contributed by atoms with van der Waals surface area (Å²) in [5, 5.41) is 2.89. The zero-order chi connectivity index (χ0) is 14.6. The normalized spacial score (nSPS) is 11.2. The van der Waals surface area contributed by atoms with Gasteiger partial charge in [-0.25, -0.2) is 0 Å². The van der Waals surface area contributed by atoms with Crippen LogP contribution in [0.4, 0.5) is 5.69 Å². The average Bonchev–Trinajstić information content (AvgIpc) is 2.46. The third-order valence-corrected chi connectivity index (χ3v) is 2.24. The molecule has 2 rings (SSSR count). The Morgan fingerprint density at radius 3 is 2.06 bits per heavy atom. The fourth-order valence-corrected chi connectivity index (χ4v) is 1.57. The minimum atomic E-state index is 0.136. The molecule has 1 aromatic rings. The van der Waals surface area contributed by atoms with Crippen LogP contribution in [0.2, 0.25) is 0 Å². The van der Waals surface area contributed by atoms with Crippen molar-refractivity contribution in [2.75, 3.05) is 5.32 Å². The number of carbonyl (C=O) groups is 1.